The van der Waals surface area contributed by atoms with Crippen LogP contribution in [-0.4, -0.2) is 60.0 Å². The molecule has 0 aromatic heterocycles. The van der Waals surface area contributed by atoms with Gasteiger partial charge in [0.2, 0.25) is 0 Å². The molecule has 0 atom stereocenters. The van der Waals surface area contributed by atoms with E-state index in [9.17, 15) is 9.59 Å². The molecule has 0 saturated carbocycles. The van der Waals surface area contributed by atoms with Crippen LogP contribution in [0.4, 0.5) is 0 Å². The first kappa shape index (κ1) is 18.5. The average molecular weight is 260 g/mol. The maximum atomic E-state index is 9.55. The Hall–Kier alpha value is -1.89. The Kier molecular flexibility index (Phi) is 11.9. The summed E-state index contributed by atoms with van der Waals surface area (Å²) in [5.41, 5.74) is 0.957. The molecule has 0 unspecified atom stereocenters. The van der Waals surface area contributed by atoms with E-state index >= 15 is 0 Å². The van der Waals surface area contributed by atoms with Crippen molar-refractivity contribution in [1.29, 1.82) is 0 Å². The first-order chi connectivity index (χ1) is 8.25. The topological polar surface area (TPSA) is 99.4 Å². The summed E-state index contributed by atoms with van der Waals surface area (Å²) in [7, 11) is 4.01. The molecule has 0 amide bonds. The summed E-state index contributed by atoms with van der Waals surface area (Å²) in [6.45, 7) is 5.40. The number of carboxylic acids is 2. The highest BCUT2D eigenvalue weighted by atomic mass is 16.6. The van der Waals surface area contributed by atoms with Crippen LogP contribution in [0, 0.1) is 0 Å². The van der Waals surface area contributed by atoms with Crippen molar-refractivity contribution in [2.24, 2.45) is 5.16 Å². The molecule has 7 heteroatoms. The van der Waals surface area contributed by atoms with Gasteiger partial charge >= 0.3 is 11.9 Å². The van der Waals surface area contributed by atoms with Crippen molar-refractivity contribution in [2.75, 3.05) is 27.2 Å². The van der Waals surface area contributed by atoms with Gasteiger partial charge in [0, 0.05) is 18.7 Å². The van der Waals surface area contributed by atoms with E-state index in [1.54, 1.807) is 0 Å². The third kappa shape index (κ3) is 23.7. The van der Waals surface area contributed by atoms with Crippen molar-refractivity contribution in [2.45, 2.75) is 13.8 Å². The lowest BCUT2D eigenvalue weighted by molar-refractivity contribution is -0.134. The van der Waals surface area contributed by atoms with Crippen LogP contribution in [0.15, 0.2) is 17.3 Å². The molecule has 7 nitrogen and oxygen atoms in total. The van der Waals surface area contributed by atoms with E-state index in [1.807, 2.05) is 27.9 Å². The van der Waals surface area contributed by atoms with Crippen LogP contribution in [-0.2, 0) is 14.4 Å². The molecular formula is C11H20N2O5. The Labute approximate surface area is 106 Å². The van der Waals surface area contributed by atoms with Crippen molar-refractivity contribution in [3.05, 3.63) is 12.2 Å². The van der Waals surface area contributed by atoms with Crippen LogP contribution < -0.4 is 0 Å². The van der Waals surface area contributed by atoms with Gasteiger partial charge in [0.05, 0.1) is 5.71 Å². The minimum Gasteiger partial charge on any atom is -0.478 e. The van der Waals surface area contributed by atoms with E-state index in [1.165, 1.54) is 0 Å². The van der Waals surface area contributed by atoms with Crippen LogP contribution in [0.25, 0.3) is 0 Å². The number of carbonyl (C=O) groups is 2. The second-order valence-corrected chi connectivity index (χ2v) is 3.68. The average Bonchev–Trinajstić information content (AvgIpc) is 2.22. The van der Waals surface area contributed by atoms with Gasteiger partial charge in [-0.3, -0.25) is 0 Å². The number of oxime groups is 1. The van der Waals surface area contributed by atoms with Gasteiger partial charge in [-0.1, -0.05) is 5.16 Å². The van der Waals surface area contributed by atoms with Crippen molar-refractivity contribution < 1.29 is 24.6 Å². The number of carboxylic acid groups (broad SMARTS) is 2. The van der Waals surface area contributed by atoms with E-state index < -0.39 is 11.9 Å². The summed E-state index contributed by atoms with van der Waals surface area (Å²) < 4.78 is 0. The molecule has 104 valence electrons. The third-order valence-corrected chi connectivity index (χ3v) is 1.25. The molecule has 18 heavy (non-hydrogen) atoms. The SMILES string of the molecule is CC(C)=NOCCN(C)C.O=C(O)/C=C\C(=O)O. The highest BCUT2D eigenvalue weighted by Gasteiger charge is 1.88. The van der Waals surface area contributed by atoms with Crippen LogP contribution in [0.2, 0.25) is 0 Å². The second-order valence-electron chi connectivity index (χ2n) is 3.68. The molecule has 0 aliphatic rings. The Morgan fingerprint density at radius 3 is 1.89 bits per heavy atom. The Morgan fingerprint density at radius 1 is 1.17 bits per heavy atom. The Bertz CT molecular complexity index is 291. The molecule has 0 radical (unpaired) electrons. The zero-order valence-corrected chi connectivity index (χ0v) is 11.1. The van der Waals surface area contributed by atoms with E-state index in [2.05, 4.69) is 10.1 Å². The fraction of sp³-hybridized carbons (Fsp3) is 0.545. The number of likely N-dealkylation sites (N-methyl/N-ethyl adjacent to an activating group) is 1. The molecule has 2 N–H and O–H groups in total. The van der Waals surface area contributed by atoms with Crippen LogP contribution in [0.3, 0.4) is 0 Å². The van der Waals surface area contributed by atoms with Crippen molar-refractivity contribution in [3.63, 3.8) is 0 Å². The zero-order chi connectivity index (χ0) is 14.6. The molecule has 0 rings (SSSR count). The molecule has 0 saturated heterocycles. The van der Waals surface area contributed by atoms with Gasteiger partial charge in [-0.25, -0.2) is 9.59 Å². The lowest BCUT2D eigenvalue weighted by Gasteiger charge is -2.06. The predicted molar refractivity (Wildman–Crippen MR) is 67.7 cm³/mol. The van der Waals surface area contributed by atoms with E-state index in [0.717, 1.165) is 12.3 Å². The lowest BCUT2D eigenvalue weighted by atomic mass is 10.5. The van der Waals surface area contributed by atoms with Crippen molar-refractivity contribution >= 4 is 17.7 Å². The van der Waals surface area contributed by atoms with Crippen LogP contribution >= 0.6 is 0 Å². The quantitative estimate of drug-likeness (QED) is 0.315. The largest absolute Gasteiger partial charge is 0.478 e. The summed E-state index contributed by atoms with van der Waals surface area (Å²) >= 11 is 0. The smallest absolute Gasteiger partial charge is 0.328 e. The highest BCUT2D eigenvalue weighted by molar-refractivity contribution is 5.89. The number of hydrogen-bond donors (Lipinski definition) is 2. The van der Waals surface area contributed by atoms with Crippen molar-refractivity contribution in [3.8, 4) is 0 Å². The minimum atomic E-state index is -1.26. The second kappa shape index (κ2) is 11.6. The highest BCUT2D eigenvalue weighted by Crippen LogP contribution is 1.81. The molecule has 0 aromatic carbocycles. The lowest BCUT2D eigenvalue weighted by Crippen LogP contribution is -2.17. The number of aliphatic carboxylic acids is 2. The summed E-state index contributed by atoms with van der Waals surface area (Å²) in [6.07, 6.45) is 1.12. The normalized spacial score (nSPS) is 9.61. The van der Waals surface area contributed by atoms with Gasteiger partial charge in [-0.05, 0) is 27.9 Å². The van der Waals surface area contributed by atoms with Gasteiger partial charge < -0.3 is 20.0 Å². The molecule has 0 bridgehead atoms. The van der Waals surface area contributed by atoms with E-state index in [4.69, 9.17) is 15.1 Å². The molecule has 0 aliphatic heterocycles. The number of rotatable bonds is 6. The molecule has 0 fully saturated rings. The third-order valence-electron chi connectivity index (χ3n) is 1.25. The summed E-state index contributed by atoms with van der Waals surface area (Å²) in [6, 6.07) is 0. The predicted octanol–water partition coefficient (Wildman–Crippen LogP) is 0.672. The Morgan fingerprint density at radius 2 is 1.61 bits per heavy atom. The zero-order valence-electron chi connectivity index (χ0n) is 11.1. The minimum absolute atomic E-state index is 0.558. The maximum Gasteiger partial charge on any atom is 0.328 e. The first-order valence-corrected chi connectivity index (χ1v) is 5.17. The van der Waals surface area contributed by atoms with Crippen LogP contribution in [0.1, 0.15) is 13.8 Å². The standard InChI is InChI=1S/C7H16N2O.C4H4O4/c1-7(2)8-10-6-5-9(3)4;5-3(6)1-2-4(7)8/h5-6H2,1-4H3;1-2H,(H,5,6)(H,7,8)/b;2-1-. The summed E-state index contributed by atoms with van der Waals surface area (Å²) in [5, 5.41) is 19.4. The van der Waals surface area contributed by atoms with Gasteiger partial charge in [0.25, 0.3) is 0 Å². The van der Waals surface area contributed by atoms with Gasteiger partial charge in [0.15, 0.2) is 0 Å². The van der Waals surface area contributed by atoms with E-state index in [0.29, 0.717) is 18.8 Å². The fourth-order valence-electron chi connectivity index (χ4n) is 0.541. The first-order valence-electron chi connectivity index (χ1n) is 5.17. The van der Waals surface area contributed by atoms with Gasteiger partial charge in [-0.2, -0.15) is 0 Å². The van der Waals surface area contributed by atoms with Crippen molar-refractivity contribution in [1.82, 2.24) is 4.90 Å². The Balaban J connectivity index is 0. The molecule has 0 spiro atoms. The molecular weight excluding hydrogens is 240 g/mol. The molecule has 0 aliphatic carbocycles. The number of nitrogens with zero attached hydrogens (tertiary/aromatic N) is 2. The van der Waals surface area contributed by atoms with Gasteiger partial charge in [0.1, 0.15) is 6.61 Å². The monoisotopic (exact) mass is 260 g/mol. The van der Waals surface area contributed by atoms with Gasteiger partial charge in [-0.15, -0.1) is 0 Å². The summed E-state index contributed by atoms with van der Waals surface area (Å²) in [4.78, 5) is 26.1. The maximum absolute atomic E-state index is 9.55. The van der Waals surface area contributed by atoms with E-state index in [-0.39, 0.29) is 0 Å². The van der Waals surface area contributed by atoms with Crippen LogP contribution in [0.5, 0.6) is 0 Å². The molecule has 0 heterocycles. The number of hydrogen-bond acceptors (Lipinski definition) is 5. The summed E-state index contributed by atoms with van der Waals surface area (Å²) in [5.74, 6) is -2.51. The molecule has 0 aromatic rings. The fourth-order valence-corrected chi connectivity index (χ4v) is 0.541.